The molecule has 0 aliphatic carbocycles. The smallest absolute Gasteiger partial charge is 0.268 e. The van der Waals surface area contributed by atoms with Crippen LogP contribution in [0.1, 0.15) is 296 Å². The minimum atomic E-state index is -4.60. The van der Waals surface area contributed by atoms with Crippen molar-refractivity contribution >= 4 is 13.7 Å². The number of rotatable bonds is 55. The predicted octanol–water partition coefficient (Wildman–Crippen LogP) is 17.4. The monoisotopic (exact) mass is 981 g/mol. The predicted molar refractivity (Wildman–Crippen MR) is 293 cm³/mol. The fourth-order valence-corrected chi connectivity index (χ4v) is 9.70. The molecule has 0 spiro atoms. The molecule has 0 aliphatic heterocycles. The quantitative estimate of drug-likeness (QED) is 0.0272. The number of amides is 1. The van der Waals surface area contributed by atoms with Gasteiger partial charge in [0.25, 0.3) is 7.82 Å². The number of hydrogen-bond donors (Lipinski definition) is 2. The summed E-state index contributed by atoms with van der Waals surface area (Å²) in [7, 11) is 1.27. The fraction of sp³-hybridized carbons (Fsp3) is 0.915. The second-order valence-corrected chi connectivity index (χ2v) is 23.1. The van der Waals surface area contributed by atoms with Crippen molar-refractivity contribution in [3.63, 3.8) is 0 Å². The number of quaternary nitrogens is 1. The lowest BCUT2D eigenvalue weighted by Crippen LogP contribution is -2.45. The molecular formula is C59H117N2O6P. The third-order valence-corrected chi connectivity index (χ3v) is 14.6. The molecule has 3 atom stereocenters. The van der Waals surface area contributed by atoms with Gasteiger partial charge in [0, 0.05) is 6.42 Å². The Balaban J connectivity index is 4.18. The number of hydrogen-bond acceptors (Lipinski definition) is 6. The lowest BCUT2D eigenvalue weighted by Gasteiger charge is -2.29. The summed E-state index contributed by atoms with van der Waals surface area (Å²) in [5.41, 5.74) is 0. The average Bonchev–Trinajstić information content (AvgIpc) is 3.30. The Bertz CT molecular complexity index is 1160. The lowest BCUT2D eigenvalue weighted by molar-refractivity contribution is -0.870. The SMILES string of the molecule is CCCCCCCCCCCCCC/C=C\CCCCCCCCCCCC(=O)NC(COP(=O)([O-])OCC[N+](C)(C)C)C(O)/C=C/CCCCCCCCCCCCCCCCCCCCC. The summed E-state index contributed by atoms with van der Waals surface area (Å²) in [5, 5.41) is 13.9. The summed E-state index contributed by atoms with van der Waals surface area (Å²) in [5.74, 6) is -0.195. The number of unbranched alkanes of at least 4 members (excludes halogenated alkanes) is 40. The summed E-state index contributed by atoms with van der Waals surface area (Å²) in [4.78, 5) is 25.5. The number of nitrogens with one attached hydrogen (secondary N) is 1. The van der Waals surface area contributed by atoms with E-state index in [9.17, 15) is 19.4 Å². The van der Waals surface area contributed by atoms with Crippen LogP contribution in [0, 0.1) is 0 Å². The van der Waals surface area contributed by atoms with Crippen molar-refractivity contribution in [3.8, 4) is 0 Å². The van der Waals surface area contributed by atoms with Gasteiger partial charge in [-0.25, -0.2) is 0 Å². The van der Waals surface area contributed by atoms with E-state index in [1.165, 1.54) is 238 Å². The van der Waals surface area contributed by atoms with Gasteiger partial charge < -0.3 is 28.8 Å². The molecule has 0 aromatic heterocycles. The molecule has 0 bridgehead atoms. The van der Waals surface area contributed by atoms with E-state index in [-0.39, 0.29) is 19.1 Å². The lowest BCUT2D eigenvalue weighted by atomic mass is 10.0. The van der Waals surface area contributed by atoms with E-state index in [1.807, 2.05) is 27.2 Å². The highest BCUT2D eigenvalue weighted by Crippen LogP contribution is 2.38. The maximum absolute atomic E-state index is 13.0. The van der Waals surface area contributed by atoms with E-state index >= 15 is 0 Å². The number of aliphatic hydroxyl groups is 1. The van der Waals surface area contributed by atoms with Crippen LogP contribution in [-0.2, 0) is 18.4 Å². The van der Waals surface area contributed by atoms with E-state index in [1.54, 1.807) is 6.08 Å². The summed E-state index contributed by atoms with van der Waals surface area (Å²) in [6.45, 7) is 4.69. The zero-order valence-electron chi connectivity index (χ0n) is 46.1. The highest BCUT2D eigenvalue weighted by molar-refractivity contribution is 7.45. The highest BCUT2D eigenvalue weighted by atomic mass is 31.2. The number of aliphatic hydroxyl groups excluding tert-OH is 1. The van der Waals surface area contributed by atoms with E-state index in [0.29, 0.717) is 17.4 Å². The summed E-state index contributed by atoms with van der Waals surface area (Å²) < 4.78 is 23.4. The molecule has 0 aromatic carbocycles. The minimum absolute atomic E-state index is 0.000383. The molecule has 3 unspecified atom stereocenters. The summed E-state index contributed by atoms with van der Waals surface area (Å²) in [6, 6.07) is -0.886. The van der Waals surface area contributed by atoms with Gasteiger partial charge >= 0.3 is 0 Å². The van der Waals surface area contributed by atoms with Gasteiger partial charge in [0.1, 0.15) is 13.2 Å². The second-order valence-electron chi connectivity index (χ2n) is 21.7. The number of allylic oxidation sites excluding steroid dienone is 3. The van der Waals surface area contributed by atoms with Gasteiger partial charge in [-0.3, -0.25) is 9.36 Å². The van der Waals surface area contributed by atoms with Crippen molar-refractivity contribution in [1.82, 2.24) is 5.32 Å². The zero-order chi connectivity index (χ0) is 49.9. The Hall–Kier alpha value is -1.02. The van der Waals surface area contributed by atoms with Gasteiger partial charge in [0.2, 0.25) is 5.91 Å². The van der Waals surface area contributed by atoms with Crippen LogP contribution in [0.3, 0.4) is 0 Å². The van der Waals surface area contributed by atoms with Crippen LogP contribution >= 0.6 is 7.82 Å². The number of nitrogens with zero attached hydrogens (tertiary/aromatic N) is 1. The topological polar surface area (TPSA) is 108 Å². The van der Waals surface area contributed by atoms with Gasteiger partial charge in [-0.05, 0) is 44.9 Å². The van der Waals surface area contributed by atoms with Crippen molar-refractivity contribution in [2.24, 2.45) is 0 Å². The van der Waals surface area contributed by atoms with Gasteiger partial charge in [0.15, 0.2) is 0 Å². The molecule has 2 N–H and O–H groups in total. The van der Waals surface area contributed by atoms with Crippen LogP contribution < -0.4 is 10.2 Å². The molecule has 68 heavy (non-hydrogen) atoms. The summed E-state index contributed by atoms with van der Waals surface area (Å²) >= 11 is 0. The van der Waals surface area contributed by atoms with E-state index < -0.39 is 20.0 Å². The first kappa shape index (κ1) is 67.0. The minimum Gasteiger partial charge on any atom is -0.756 e. The maximum Gasteiger partial charge on any atom is 0.268 e. The molecule has 0 aromatic rings. The second kappa shape index (κ2) is 50.9. The molecule has 0 aliphatic rings. The molecule has 0 heterocycles. The van der Waals surface area contributed by atoms with E-state index in [4.69, 9.17) is 9.05 Å². The van der Waals surface area contributed by atoms with Crippen molar-refractivity contribution in [2.75, 3.05) is 40.9 Å². The molecule has 404 valence electrons. The van der Waals surface area contributed by atoms with Gasteiger partial charge in [0.05, 0.1) is 39.9 Å². The van der Waals surface area contributed by atoms with Crippen molar-refractivity contribution < 1.29 is 32.9 Å². The number of carbonyl (C=O) groups excluding carboxylic acids is 1. The fourth-order valence-electron chi connectivity index (χ4n) is 8.97. The first-order valence-electron chi connectivity index (χ1n) is 29.7. The van der Waals surface area contributed by atoms with Crippen LogP contribution in [0.4, 0.5) is 0 Å². The zero-order valence-corrected chi connectivity index (χ0v) is 47.0. The Morgan fingerprint density at radius 3 is 1.15 bits per heavy atom. The van der Waals surface area contributed by atoms with Crippen molar-refractivity contribution in [3.05, 3.63) is 24.3 Å². The Labute approximate surface area is 424 Å². The molecular weight excluding hydrogens is 864 g/mol. The molecule has 0 rings (SSSR count). The van der Waals surface area contributed by atoms with Crippen LogP contribution in [0.2, 0.25) is 0 Å². The molecule has 0 saturated heterocycles. The van der Waals surface area contributed by atoms with Crippen LogP contribution in [-0.4, -0.2) is 68.5 Å². The number of phosphoric ester groups is 1. The van der Waals surface area contributed by atoms with Crippen molar-refractivity contribution in [1.29, 1.82) is 0 Å². The first-order valence-corrected chi connectivity index (χ1v) is 31.2. The Kier molecular flexibility index (Phi) is 50.1. The molecule has 8 nitrogen and oxygen atoms in total. The van der Waals surface area contributed by atoms with Gasteiger partial charge in [-0.15, -0.1) is 0 Å². The number of phosphoric acid groups is 1. The van der Waals surface area contributed by atoms with Crippen LogP contribution in [0.15, 0.2) is 24.3 Å². The normalized spacial score (nSPS) is 14.0. The Morgan fingerprint density at radius 2 is 0.809 bits per heavy atom. The summed E-state index contributed by atoms with van der Waals surface area (Å²) in [6.07, 6.45) is 64.0. The molecule has 0 fully saturated rings. The van der Waals surface area contributed by atoms with Crippen molar-refractivity contribution in [2.45, 2.75) is 309 Å². The highest BCUT2D eigenvalue weighted by Gasteiger charge is 2.23. The average molecular weight is 982 g/mol. The third-order valence-electron chi connectivity index (χ3n) is 13.7. The standard InChI is InChI=1S/C59H117N2O6P/c1-6-8-10-12-14-16-18-20-22-24-26-28-29-30-31-33-35-37-39-41-43-45-47-49-51-53-59(63)60-57(56-67-68(64,65)66-55-54-61(3,4)5)58(62)52-50-48-46-44-42-40-38-36-34-32-27-25-23-21-19-17-15-13-11-9-7-2/h30-31,50,52,57-58,62H,6-29,32-49,51,53-56H2,1-5H3,(H-,60,63,64,65)/b31-30-,52-50+. The first-order chi connectivity index (χ1) is 33.0. The van der Waals surface area contributed by atoms with Crippen LogP contribution in [0.25, 0.3) is 0 Å². The number of likely N-dealkylation sites (N-methyl/N-ethyl adjacent to an activating group) is 1. The molecule has 9 heteroatoms. The largest absolute Gasteiger partial charge is 0.756 e. The van der Waals surface area contributed by atoms with E-state index in [2.05, 4.69) is 31.3 Å². The van der Waals surface area contributed by atoms with Gasteiger partial charge in [-0.2, -0.15) is 0 Å². The number of carbonyl (C=O) groups is 1. The van der Waals surface area contributed by atoms with Gasteiger partial charge in [-0.1, -0.05) is 269 Å². The van der Waals surface area contributed by atoms with E-state index in [0.717, 1.165) is 38.5 Å². The molecule has 1 amide bonds. The van der Waals surface area contributed by atoms with Crippen LogP contribution in [0.5, 0.6) is 0 Å². The Morgan fingerprint density at radius 1 is 0.500 bits per heavy atom. The molecule has 0 saturated carbocycles. The third kappa shape index (κ3) is 52.8. The maximum atomic E-state index is 13.0. The molecule has 0 radical (unpaired) electrons.